The zero-order valence-electron chi connectivity index (χ0n) is 11.9. The summed E-state index contributed by atoms with van der Waals surface area (Å²) in [5.41, 5.74) is 6.82. The zero-order valence-corrected chi connectivity index (χ0v) is 11.9. The summed E-state index contributed by atoms with van der Waals surface area (Å²) in [5.74, 6) is -0.213. The fourth-order valence-electron chi connectivity index (χ4n) is 2.92. The second-order valence-electron chi connectivity index (χ2n) is 5.92. The molecule has 1 heterocycles. The van der Waals surface area contributed by atoms with Gasteiger partial charge in [0.05, 0.1) is 11.7 Å². The number of ether oxygens (including phenoxy) is 1. The quantitative estimate of drug-likeness (QED) is 0.912. The van der Waals surface area contributed by atoms with Gasteiger partial charge in [0.15, 0.2) is 0 Å². The average Bonchev–Trinajstić information content (AvgIpc) is 2.30. The average molecular weight is 266 g/mol. The molecule has 19 heavy (non-hydrogen) atoms. The van der Waals surface area contributed by atoms with E-state index in [9.17, 15) is 4.39 Å². The molecule has 2 rings (SSSR count). The van der Waals surface area contributed by atoms with E-state index in [0.717, 1.165) is 18.7 Å². The second kappa shape index (κ2) is 5.57. The minimum Gasteiger partial charge on any atom is -0.370 e. The van der Waals surface area contributed by atoms with Gasteiger partial charge in [-0.3, -0.25) is 4.90 Å². The molecule has 1 aliphatic rings. The minimum absolute atomic E-state index is 0.117. The Morgan fingerprint density at radius 2 is 2.05 bits per heavy atom. The van der Waals surface area contributed by atoms with Crippen LogP contribution in [0, 0.1) is 5.82 Å². The Morgan fingerprint density at radius 3 is 2.58 bits per heavy atom. The molecule has 0 bridgehead atoms. The standard InChI is InChI=1S/C15H23FN2O/c1-11-9-18(10-15(2,3)19-11)14(8-17)12-4-6-13(16)7-5-12/h4-7,11,14H,8-10,17H2,1-3H3. The van der Waals surface area contributed by atoms with E-state index in [2.05, 4.69) is 25.7 Å². The van der Waals surface area contributed by atoms with Crippen LogP contribution in [0.2, 0.25) is 0 Å². The van der Waals surface area contributed by atoms with Crippen molar-refractivity contribution in [2.24, 2.45) is 5.73 Å². The number of hydrogen-bond acceptors (Lipinski definition) is 3. The number of halogens is 1. The molecule has 0 radical (unpaired) electrons. The zero-order chi connectivity index (χ0) is 14.0. The number of benzene rings is 1. The molecule has 2 N–H and O–H groups in total. The van der Waals surface area contributed by atoms with Crippen molar-refractivity contribution in [2.45, 2.75) is 38.5 Å². The highest BCUT2D eigenvalue weighted by molar-refractivity contribution is 5.20. The molecule has 0 aliphatic carbocycles. The summed E-state index contributed by atoms with van der Waals surface area (Å²) in [6.45, 7) is 8.46. The third kappa shape index (κ3) is 3.53. The van der Waals surface area contributed by atoms with Crippen LogP contribution in [0.15, 0.2) is 24.3 Å². The number of morpholine rings is 1. The molecule has 4 heteroatoms. The summed E-state index contributed by atoms with van der Waals surface area (Å²) in [6.07, 6.45) is 0.179. The van der Waals surface area contributed by atoms with Crippen LogP contribution < -0.4 is 5.73 Å². The summed E-state index contributed by atoms with van der Waals surface area (Å²) >= 11 is 0. The Morgan fingerprint density at radius 1 is 1.42 bits per heavy atom. The fourth-order valence-corrected chi connectivity index (χ4v) is 2.92. The van der Waals surface area contributed by atoms with Gasteiger partial charge < -0.3 is 10.5 Å². The van der Waals surface area contributed by atoms with E-state index < -0.39 is 0 Å². The lowest BCUT2D eigenvalue weighted by Gasteiger charge is -2.45. The molecule has 3 nitrogen and oxygen atoms in total. The van der Waals surface area contributed by atoms with E-state index >= 15 is 0 Å². The Bertz CT molecular complexity index is 419. The van der Waals surface area contributed by atoms with Gasteiger partial charge in [-0.15, -0.1) is 0 Å². The monoisotopic (exact) mass is 266 g/mol. The highest BCUT2D eigenvalue weighted by atomic mass is 19.1. The van der Waals surface area contributed by atoms with Crippen LogP contribution >= 0.6 is 0 Å². The molecule has 0 aromatic heterocycles. The minimum atomic E-state index is -0.213. The van der Waals surface area contributed by atoms with E-state index in [1.54, 1.807) is 0 Å². The van der Waals surface area contributed by atoms with Gasteiger partial charge in [-0.2, -0.15) is 0 Å². The summed E-state index contributed by atoms with van der Waals surface area (Å²) in [6, 6.07) is 6.74. The molecule has 0 spiro atoms. The molecule has 1 aromatic carbocycles. The van der Waals surface area contributed by atoms with E-state index in [1.165, 1.54) is 12.1 Å². The van der Waals surface area contributed by atoms with Gasteiger partial charge in [0.1, 0.15) is 5.82 Å². The first kappa shape index (κ1) is 14.4. The molecule has 1 aliphatic heterocycles. The van der Waals surface area contributed by atoms with Crippen molar-refractivity contribution in [3.8, 4) is 0 Å². The lowest BCUT2D eigenvalue weighted by molar-refractivity contribution is -0.137. The maximum atomic E-state index is 13.0. The lowest BCUT2D eigenvalue weighted by atomic mass is 9.99. The van der Waals surface area contributed by atoms with Crippen molar-refractivity contribution in [3.63, 3.8) is 0 Å². The predicted molar refractivity (Wildman–Crippen MR) is 74.4 cm³/mol. The highest BCUT2D eigenvalue weighted by Crippen LogP contribution is 2.28. The highest BCUT2D eigenvalue weighted by Gasteiger charge is 2.34. The number of hydrogen-bond donors (Lipinski definition) is 1. The van der Waals surface area contributed by atoms with Gasteiger partial charge >= 0.3 is 0 Å². The Labute approximate surface area is 114 Å². The molecular weight excluding hydrogens is 243 g/mol. The third-order valence-corrected chi connectivity index (χ3v) is 3.51. The fraction of sp³-hybridized carbons (Fsp3) is 0.600. The topological polar surface area (TPSA) is 38.5 Å². The SMILES string of the molecule is CC1CN(C(CN)c2ccc(F)cc2)CC(C)(C)O1. The van der Waals surface area contributed by atoms with Crippen molar-refractivity contribution in [3.05, 3.63) is 35.6 Å². The van der Waals surface area contributed by atoms with Crippen LogP contribution in [-0.2, 0) is 4.74 Å². The summed E-state index contributed by atoms with van der Waals surface area (Å²) in [5, 5.41) is 0. The van der Waals surface area contributed by atoms with E-state index in [1.807, 2.05) is 12.1 Å². The Balaban J connectivity index is 2.19. The first-order valence-electron chi connectivity index (χ1n) is 6.79. The largest absolute Gasteiger partial charge is 0.370 e. The van der Waals surface area contributed by atoms with Crippen molar-refractivity contribution >= 4 is 0 Å². The van der Waals surface area contributed by atoms with Crippen molar-refractivity contribution in [1.82, 2.24) is 4.90 Å². The van der Waals surface area contributed by atoms with Crippen molar-refractivity contribution < 1.29 is 9.13 Å². The number of nitrogens with two attached hydrogens (primary N) is 1. The molecule has 0 amide bonds. The maximum absolute atomic E-state index is 13.0. The molecule has 1 fully saturated rings. The predicted octanol–water partition coefficient (Wildman–Crippen LogP) is 2.32. The van der Waals surface area contributed by atoms with Gasteiger partial charge in [-0.25, -0.2) is 4.39 Å². The van der Waals surface area contributed by atoms with E-state index in [0.29, 0.717) is 6.54 Å². The molecule has 1 aromatic rings. The van der Waals surface area contributed by atoms with Crippen LogP contribution in [0.3, 0.4) is 0 Å². The molecule has 2 atom stereocenters. The third-order valence-electron chi connectivity index (χ3n) is 3.51. The van der Waals surface area contributed by atoms with Gasteiger partial charge in [0.2, 0.25) is 0 Å². The summed E-state index contributed by atoms with van der Waals surface area (Å²) < 4.78 is 18.9. The first-order valence-corrected chi connectivity index (χ1v) is 6.79. The van der Waals surface area contributed by atoms with Gasteiger partial charge in [-0.1, -0.05) is 12.1 Å². The number of nitrogens with zero attached hydrogens (tertiary/aromatic N) is 1. The Hall–Kier alpha value is -0.970. The first-order chi connectivity index (χ1) is 8.91. The summed E-state index contributed by atoms with van der Waals surface area (Å²) in [4.78, 5) is 2.33. The van der Waals surface area contributed by atoms with Crippen LogP contribution in [-0.4, -0.2) is 36.2 Å². The molecule has 0 saturated carbocycles. The normalized spacial score (nSPS) is 25.2. The molecule has 2 unspecified atom stereocenters. The smallest absolute Gasteiger partial charge is 0.123 e. The van der Waals surface area contributed by atoms with Crippen LogP contribution in [0.25, 0.3) is 0 Å². The van der Waals surface area contributed by atoms with Gasteiger partial charge in [0, 0.05) is 25.7 Å². The Kier molecular flexibility index (Phi) is 4.23. The molecule has 106 valence electrons. The molecule has 1 saturated heterocycles. The van der Waals surface area contributed by atoms with Gasteiger partial charge in [-0.05, 0) is 38.5 Å². The van der Waals surface area contributed by atoms with E-state index in [4.69, 9.17) is 10.5 Å². The maximum Gasteiger partial charge on any atom is 0.123 e. The second-order valence-corrected chi connectivity index (χ2v) is 5.92. The molecular formula is C15H23FN2O. The van der Waals surface area contributed by atoms with Crippen LogP contribution in [0.4, 0.5) is 4.39 Å². The van der Waals surface area contributed by atoms with Crippen LogP contribution in [0.5, 0.6) is 0 Å². The number of rotatable bonds is 3. The van der Waals surface area contributed by atoms with Gasteiger partial charge in [0.25, 0.3) is 0 Å². The van der Waals surface area contributed by atoms with Crippen molar-refractivity contribution in [2.75, 3.05) is 19.6 Å². The van der Waals surface area contributed by atoms with E-state index in [-0.39, 0.29) is 23.6 Å². The van der Waals surface area contributed by atoms with Crippen LogP contribution in [0.1, 0.15) is 32.4 Å². The lowest BCUT2D eigenvalue weighted by Crippen LogP contribution is -2.53. The van der Waals surface area contributed by atoms with Crippen molar-refractivity contribution in [1.29, 1.82) is 0 Å². The summed E-state index contributed by atoms with van der Waals surface area (Å²) in [7, 11) is 0.